The molecule has 0 radical (unpaired) electrons. The Morgan fingerprint density at radius 1 is 1.12 bits per heavy atom. The number of carbonyl (C=O) groups is 1. The maximum absolute atomic E-state index is 12.2. The molecule has 24 heavy (non-hydrogen) atoms. The minimum absolute atomic E-state index is 0.254. The number of pyridine rings is 1. The maximum Gasteiger partial charge on any atom is 0.251 e. The van der Waals surface area contributed by atoms with Crippen molar-refractivity contribution in [3.05, 3.63) is 70.1 Å². The van der Waals surface area contributed by atoms with Crippen molar-refractivity contribution in [2.75, 3.05) is 0 Å². The molecule has 0 aliphatic rings. The predicted molar refractivity (Wildman–Crippen MR) is 94.1 cm³/mol. The summed E-state index contributed by atoms with van der Waals surface area (Å²) in [4.78, 5) is 16.2. The molecule has 0 saturated carbocycles. The standard InChI is InChI=1S/C17H14Cl2N4O/c1-23-16(11-2-4-20-5-3-11)9-15(22-23)10-21-17(24)12-6-13(18)8-14(19)7-12/h2-9H,10H2,1H3,(H,21,24). The van der Waals surface area contributed by atoms with Crippen LogP contribution in [0, 0.1) is 0 Å². The van der Waals surface area contributed by atoms with E-state index >= 15 is 0 Å². The molecule has 3 rings (SSSR count). The van der Waals surface area contributed by atoms with Gasteiger partial charge in [-0.25, -0.2) is 0 Å². The molecule has 0 spiro atoms. The molecule has 0 aliphatic heterocycles. The van der Waals surface area contributed by atoms with Crippen LogP contribution in [0.5, 0.6) is 0 Å². The number of aryl methyl sites for hydroxylation is 1. The zero-order chi connectivity index (χ0) is 17.1. The van der Waals surface area contributed by atoms with Crippen molar-refractivity contribution in [3.8, 4) is 11.3 Å². The van der Waals surface area contributed by atoms with E-state index in [2.05, 4.69) is 15.4 Å². The van der Waals surface area contributed by atoms with E-state index < -0.39 is 0 Å². The van der Waals surface area contributed by atoms with Gasteiger partial charge in [-0.1, -0.05) is 23.2 Å². The van der Waals surface area contributed by atoms with Crippen molar-refractivity contribution in [2.24, 2.45) is 7.05 Å². The van der Waals surface area contributed by atoms with Crippen LogP contribution in [0.25, 0.3) is 11.3 Å². The van der Waals surface area contributed by atoms with Crippen LogP contribution in [-0.2, 0) is 13.6 Å². The molecule has 1 amide bonds. The third-order valence-corrected chi connectivity index (χ3v) is 3.90. The number of nitrogens with zero attached hydrogens (tertiary/aromatic N) is 3. The van der Waals surface area contributed by atoms with Crippen LogP contribution in [-0.4, -0.2) is 20.7 Å². The van der Waals surface area contributed by atoms with Gasteiger partial charge in [0.05, 0.1) is 17.9 Å². The third-order valence-electron chi connectivity index (χ3n) is 3.46. The van der Waals surface area contributed by atoms with E-state index in [-0.39, 0.29) is 5.91 Å². The van der Waals surface area contributed by atoms with Crippen molar-refractivity contribution in [1.29, 1.82) is 0 Å². The average molecular weight is 361 g/mol. The number of aromatic nitrogens is 3. The van der Waals surface area contributed by atoms with Gasteiger partial charge in [-0.3, -0.25) is 14.5 Å². The Morgan fingerprint density at radius 2 is 1.79 bits per heavy atom. The average Bonchev–Trinajstić information content (AvgIpc) is 2.93. The number of benzene rings is 1. The fraction of sp³-hybridized carbons (Fsp3) is 0.118. The van der Waals surface area contributed by atoms with Gasteiger partial charge in [0.2, 0.25) is 0 Å². The zero-order valence-electron chi connectivity index (χ0n) is 12.8. The molecule has 0 bridgehead atoms. The molecule has 0 unspecified atom stereocenters. The summed E-state index contributed by atoms with van der Waals surface area (Å²) < 4.78 is 1.77. The number of amides is 1. The lowest BCUT2D eigenvalue weighted by Gasteiger charge is -2.04. The second-order valence-corrected chi connectivity index (χ2v) is 6.09. The van der Waals surface area contributed by atoms with Crippen LogP contribution in [0.4, 0.5) is 0 Å². The molecule has 3 aromatic rings. The first kappa shape index (κ1) is 16.5. The smallest absolute Gasteiger partial charge is 0.251 e. The monoisotopic (exact) mass is 360 g/mol. The predicted octanol–water partition coefficient (Wildman–Crippen LogP) is 3.72. The van der Waals surface area contributed by atoms with E-state index in [4.69, 9.17) is 23.2 Å². The summed E-state index contributed by atoms with van der Waals surface area (Å²) in [5.41, 5.74) is 3.13. The Morgan fingerprint density at radius 3 is 2.46 bits per heavy atom. The van der Waals surface area contributed by atoms with Crippen LogP contribution in [0.1, 0.15) is 16.1 Å². The Kier molecular flexibility index (Phi) is 4.83. The number of hydrogen-bond acceptors (Lipinski definition) is 3. The molecule has 0 atom stereocenters. The lowest BCUT2D eigenvalue weighted by molar-refractivity contribution is 0.0950. The maximum atomic E-state index is 12.2. The lowest BCUT2D eigenvalue weighted by Crippen LogP contribution is -2.23. The number of halogens is 2. The summed E-state index contributed by atoms with van der Waals surface area (Å²) in [5.74, 6) is -0.254. The molecule has 0 saturated heterocycles. The Hall–Kier alpha value is -2.37. The summed E-state index contributed by atoms with van der Waals surface area (Å²) in [6.45, 7) is 0.307. The molecule has 2 aromatic heterocycles. The molecule has 5 nitrogen and oxygen atoms in total. The van der Waals surface area contributed by atoms with Gasteiger partial charge >= 0.3 is 0 Å². The quantitative estimate of drug-likeness (QED) is 0.771. The number of hydrogen-bond donors (Lipinski definition) is 1. The highest BCUT2D eigenvalue weighted by atomic mass is 35.5. The van der Waals surface area contributed by atoms with Crippen LogP contribution >= 0.6 is 23.2 Å². The Bertz CT molecular complexity index is 857. The van der Waals surface area contributed by atoms with Gasteiger partial charge < -0.3 is 5.32 Å². The van der Waals surface area contributed by atoms with Gasteiger partial charge in [0.1, 0.15) is 0 Å². The molecular weight excluding hydrogens is 347 g/mol. The van der Waals surface area contributed by atoms with Crippen molar-refractivity contribution in [2.45, 2.75) is 6.54 Å². The van der Waals surface area contributed by atoms with Crippen molar-refractivity contribution in [1.82, 2.24) is 20.1 Å². The minimum atomic E-state index is -0.254. The van der Waals surface area contributed by atoms with Crippen LogP contribution in [0.3, 0.4) is 0 Å². The van der Waals surface area contributed by atoms with Gasteiger partial charge in [0, 0.05) is 40.6 Å². The molecule has 1 N–H and O–H groups in total. The van der Waals surface area contributed by atoms with E-state index in [1.54, 1.807) is 35.3 Å². The fourth-order valence-corrected chi connectivity index (χ4v) is 2.89. The molecule has 0 aliphatic carbocycles. The Balaban J connectivity index is 1.72. The first-order valence-electron chi connectivity index (χ1n) is 7.20. The second kappa shape index (κ2) is 7.03. The van der Waals surface area contributed by atoms with Crippen molar-refractivity contribution >= 4 is 29.1 Å². The van der Waals surface area contributed by atoms with Gasteiger partial charge in [-0.05, 0) is 36.4 Å². The minimum Gasteiger partial charge on any atom is -0.346 e. The summed E-state index contributed by atoms with van der Waals surface area (Å²) in [5, 5.41) is 8.08. The summed E-state index contributed by atoms with van der Waals surface area (Å²) in [7, 11) is 1.86. The molecular formula is C17H14Cl2N4O. The van der Waals surface area contributed by atoms with Gasteiger partial charge in [0.25, 0.3) is 5.91 Å². The fourth-order valence-electron chi connectivity index (χ4n) is 2.36. The highest BCUT2D eigenvalue weighted by Crippen LogP contribution is 2.20. The van der Waals surface area contributed by atoms with Gasteiger partial charge in [-0.2, -0.15) is 5.10 Å². The topological polar surface area (TPSA) is 59.8 Å². The Labute approximate surface area is 149 Å². The molecule has 1 aromatic carbocycles. The van der Waals surface area contributed by atoms with Crippen LogP contribution in [0.2, 0.25) is 10.0 Å². The summed E-state index contributed by atoms with van der Waals surface area (Å²) in [6.07, 6.45) is 3.46. The van der Waals surface area contributed by atoms with Gasteiger partial charge in [-0.15, -0.1) is 0 Å². The number of rotatable bonds is 4. The first-order chi connectivity index (χ1) is 11.5. The molecule has 0 fully saturated rings. The first-order valence-corrected chi connectivity index (χ1v) is 7.96. The normalized spacial score (nSPS) is 10.6. The van der Waals surface area contributed by atoms with Crippen LogP contribution in [0.15, 0.2) is 48.8 Å². The van der Waals surface area contributed by atoms with E-state index in [9.17, 15) is 4.79 Å². The highest BCUT2D eigenvalue weighted by Gasteiger charge is 2.11. The molecule has 122 valence electrons. The van der Waals surface area contributed by atoms with E-state index in [1.807, 2.05) is 25.2 Å². The van der Waals surface area contributed by atoms with Gasteiger partial charge in [0.15, 0.2) is 0 Å². The summed E-state index contributed by atoms with van der Waals surface area (Å²) in [6, 6.07) is 10.5. The SMILES string of the molecule is Cn1nc(CNC(=O)c2cc(Cl)cc(Cl)c2)cc1-c1ccncc1. The van der Waals surface area contributed by atoms with Crippen molar-refractivity contribution < 1.29 is 4.79 Å². The number of carbonyl (C=O) groups excluding carboxylic acids is 1. The zero-order valence-corrected chi connectivity index (χ0v) is 14.3. The second-order valence-electron chi connectivity index (χ2n) is 5.22. The molecule has 7 heteroatoms. The van der Waals surface area contributed by atoms with E-state index in [0.29, 0.717) is 22.2 Å². The summed E-state index contributed by atoms with van der Waals surface area (Å²) >= 11 is 11.8. The van der Waals surface area contributed by atoms with E-state index in [0.717, 1.165) is 17.0 Å². The third kappa shape index (κ3) is 3.75. The van der Waals surface area contributed by atoms with Crippen LogP contribution < -0.4 is 5.32 Å². The largest absolute Gasteiger partial charge is 0.346 e. The number of nitrogens with one attached hydrogen (secondary N) is 1. The highest BCUT2D eigenvalue weighted by molar-refractivity contribution is 6.35. The van der Waals surface area contributed by atoms with Crippen molar-refractivity contribution in [3.63, 3.8) is 0 Å². The molecule has 2 heterocycles. The van der Waals surface area contributed by atoms with E-state index in [1.165, 1.54) is 0 Å². The lowest BCUT2D eigenvalue weighted by atomic mass is 10.2.